The zero-order valence-electron chi connectivity index (χ0n) is 9.54. The van der Waals surface area contributed by atoms with Crippen LogP contribution in [-0.4, -0.2) is 36.5 Å². The summed E-state index contributed by atoms with van der Waals surface area (Å²) in [6.45, 7) is 3.86. The van der Waals surface area contributed by atoms with E-state index in [1.807, 2.05) is 6.92 Å². The number of hydrogen-bond acceptors (Lipinski definition) is 2. The van der Waals surface area contributed by atoms with E-state index in [0.717, 1.165) is 18.2 Å². The fourth-order valence-corrected chi connectivity index (χ4v) is 1.99. The molecule has 92 valence electrons. The van der Waals surface area contributed by atoms with Crippen LogP contribution in [0.4, 0.5) is 8.78 Å². The van der Waals surface area contributed by atoms with Crippen LogP contribution in [0.5, 0.6) is 0 Å². The van der Waals surface area contributed by atoms with Crippen molar-refractivity contribution in [1.82, 2.24) is 10.2 Å². The van der Waals surface area contributed by atoms with E-state index in [-0.39, 0.29) is 17.5 Å². The zero-order chi connectivity index (χ0) is 12.4. The van der Waals surface area contributed by atoms with E-state index in [2.05, 4.69) is 5.32 Å². The number of rotatable bonds is 1. The van der Waals surface area contributed by atoms with Crippen molar-refractivity contribution >= 4 is 5.91 Å². The minimum Gasteiger partial charge on any atom is -0.333 e. The molecule has 1 saturated heterocycles. The van der Waals surface area contributed by atoms with Crippen molar-refractivity contribution < 1.29 is 13.6 Å². The van der Waals surface area contributed by atoms with Gasteiger partial charge in [0.25, 0.3) is 5.91 Å². The molecule has 1 fully saturated rings. The second kappa shape index (κ2) is 4.79. The standard InChI is InChI=1S/C12H14F2N2O/c1-8-7-15-2-3-16(8)12(17)9-4-10(13)6-11(14)5-9/h4-6,8,15H,2-3,7H2,1H3. The normalized spacial score (nSPS) is 20.4. The van der Waals surface area contributed by atoms with Gasteiger partial charge in [-0.2, -0.15) is 0 Å². The Labute approximate surface area is 98.4 Å². The highest BCUT2D eigenvalue weighted by Crippen LogP contribution is 2.13. The number of amides is 1. The van der Waals surface area contributed by atoms with Gasteiger partial charge in [0.15, 0.2) is 0 Å². The molecular weight excluding hydrogens is 226 g/mol. The van der Waals surface area contributed by atoms with Crippen molar-refractivity contribution in [3.05, 3.63) is 35.4 Å². The molecule has 1 aromatic carbocycles. The molecule has 5 heteroatoms. The molecular formula is C12H14F2N2O. The topological polar surface area (TPSA) is 32.3 Å². The molecule has 2 rings (SSSR count). The van der Waals surface area contributed by atoms with Crippen molar-refractivity contribution in [1.29, 1.82) is 0 Å². The lowest BCUT2D eigenvalue weighted by Gasteiger charge is -2.34. The van der Waals surface area contributed by atoms with Gasteiger partial charge in [-0.25, -0.2) is 8.78 Å². The second-order valence-corrected chi connectivity index (χ2v) is 4.21. The number of halogens is 2. The van der Waals surface area contributed by atoms with Gasteiger partial charge in [-0.05, 0) is 19.1 Å². The Hall–Kier alpha value is -1.49. The molecule has 0 aromatic heterocycles. The molecule has 0 aliphatic carbocycles. The zero-order valence-corrected chi connectivity index (χ0v) is 9.54. The molecule has 0 saturated carbocycles. The molecule has 1 amide bonds. The van der Waals surface area contributed by atoms with Gasteiger partial charge in [-0.1, -0.05) is 0 Å². The van der Waals surface area contributed by atoms with Gasteiger partial charge >= 0.3 is 0 Å². The van der Waals surface area contributed by atoms with Crippen LogP contribution < -0.4 is 5.32 Å². The molecule has 1 aromatic rings. The molecule has 1 unspecified atom stereocenters. The summed E-state index contributed by atoms with van der Waals surface area (Å²) < 4.78 is 26.1. The van der Waals surface area contributed by atoms with Crippen molar-refractivity contribution in [2.45, 2.75) is 13.0 Å². The SMILES string of the molecule is CC1CNCCN1C(=O)c1cc(F)cc(F)c1. The summed E-state index contributed by atoms with van der Waals surface area (Å²) in [5.74, 6) is -1.77. The first kappa shape index (κ1) is 12.0. The minimum atomic E-state index is -0.726. The smallest absolute Gasteiger partial charge is 0.254 e. The van der Waals surface area contributed by atoms with Crippen LogP contribution in [0.15, 0.2) is 18.2 Å². The fourth-order valence-electron chi connectivity index (χ4n) is 1.99. The first-order chi connectivity index (χ1) is 8.08. The number of nitrogens with zero attached hydrogens (tertiary/aromatic N) is 1. The van der Waals surface area contributed by atoms with E-state index in [4.69, 9.17) is 0 Å². The van der Waals surface area contributed by atoms with Gasteiger partial charge in [0.2, 0.25) is 0 Å². The minimum absolute atomic E-state index is 0.0302. The molecule has 0 radical (unpaired) electrons. The number of carbonyl (C=O) groups excluding carboxylic acids is 1. The van der Waals surface area contributed by atoms with Crippen LogP contribution in [0.1, 0.15) is 17.3 Å². The van der Waals surface area contributed by atoms with Crippen molar-refractivity contribution in [2.24, 2.45) is 0 Å². The van der Waals surface area contributed by atoms with Crippen molar-refractivity contribution in [3.8, 4) is 0 Å². The average Bonchev–Trinajstić information content (AvgIpc) is 2.27. The Kier molecular flexibility index (Phi) is 3.38. The van der Waals surface area contributed by atoms with Gasteiger partial charge in [0, 0.05) is 37.3 Å². The highest BCUT2D eigenvalue weighted by molar-refractivity contribution is 5.94. The largest absolute Gasteiger partial charge is 0.333 e. The molecule has 1 N–H and O–H groups in total. The first-order valence-corrected chi connectivity index (χ1v) is 5.55. The van der Waals surface area contributed by atoms with Crippen molar-refractivity contribution in [2.75, 3.05) is 19.6 Å². The van der Waals surface area contributed by atoms with Crippen LogP contribution in [0.25, 0.3) is 0 Å². The Balaban J connectivity index is 2.23. The third kappa shape index (κ3) is 2.61. The lowest BCUT2D eigenvalue weighted by atomic mass is 10.1. The first-order valence-electron chi connectivity index (χ1n) is 5.55. The predicted molar refractivity (Wildman–Crippen MR) is 59.7 cm³/mol. The van der Waals surface area contributed by atoms with E-state index in [1.54, 1.807) is 4.90 Å². The number of nitrogens with one attached hydrogen (secondary N) is 1. The maximum absolute atomic E-state index is 13.0. The average molecular weight is 240 g/mol. The van der Waals surface area contributed by atoms with Crippen LogP contribution in [0, 0.1) is 11.6 Å². The highest BCUT2D eigenvalue weighted by atomic mass is 19.1. The Morgan fingerprint density at radius 1 is 1.35 bits per heavy atom. The number of piperazine rings is 1. The van der Waals surface area contributed by atoms with Crippen LogP contribution >= 0.6 is 0 Å². The van der Waals surface area contributed by atoms with E-state index in [0.29, 0.717) is 19.6 Å². The van der Waals surface area contributed by atoms with Crippen LogP contribution in [0.2, 0.25) is 0 Å². The van der Waals surface area contributed by atoms with Gasteiger partial charge in [0.05, 0.1) is 0 Å². The maximum atomic E-state index is 13.0. The molecule has 17 heavy (non-hydrogen) atoms. The fraction of sp³-hybridized carbons (Fsp3) is 0.417. The molecule has 0 spiro atoms. The predicted octanol–water partition coefficient (Wildman–Crippen LogP) is 1.40. The second-order valence-electron chi connectivity index (χ2n) is 4.21. The van der Waals surface area contributed by atoms with Crippen LogP contribution in [-0.2, 0) is 0 Å². The summed E-state index contributed by atoms with van der Waals surface area (Å²) in [7, 11) is 0. The summed E-state index contributed by atoms with van der Waals surface area (Å²) >= 11 is 0. The molecule has 1 aliphatic heterocycles. The van der Waals surface area contributed by atoms with Crippen LogP contribution in [0.3, 0.4) is 0 Å². The van der Waals surface area contributed by atoms with Gasteiger partial charge < -0.3 is 10.2 Å². The van der Waals surface area contributed by atoms with E-state index < -0.39 is 11.6 Å². The molecule has 3 nitrogen and oxygen atoms in total. The van der Waals surface area contributed by atoms with E-state index >= 15 is 0 Å². The summed E-state index contributed by atoms with van der Waals surface area (Å²) in [6, 6.07) is 2.93. The Morgan fingerprint density at radius 3 is 2.59 bits per heavy atom. The van der Waals surface area contributed by atoms with Gasteiger partial charge in [0.1, 0.15) is 11.6 Å². The number of benzene rings is 1. The summed E-state index contributed by atoms with van der Waals surface area (Å²) in [5, 5.41) is 3.15. The lowest BCUT2D eigenvalue weighted by molar-refractivity contribution is 0.0654. The summed E-state index contributed by atoms with van der Waals surface area (Å²) in [5.41, 5.74) is 0.0660. The van der Waals surface area contributed by atoms with Crippen molar-refractivity contribution in [3.63, 3.8) is 0 Å². The van der Waals surface area contributed by atoms with E-state index in [1.165, 1.54) is 0 Å². The number of hydrogen-bond donors (Lipinski definition) is 1. The maximum Gasteiger partial charge on any atom is 0.254 e. The summed E-state index contributed by atoms with van der Waals surface area (Å²) in [6.07, 6.45) is 0. The molecule has 1 heterocycles. The molecule has 1 atom stereocenters. The molecule has 0 bridgehead atoms. The lowest BCUT2D eigenvalue weighted by Crippen LogP contribution is -2.52. The Morgan fingerprint density at radius 2 is 2.00 bits per heavy atom. The summed E-state index contributed by atoms with van der Waals surface area (Å²) in [4.78, 5) is 13.7. The quantitative estimate of drug-likeness (QED) is 0.804. The third-order valence-electron chi connectivity index (χ3n) is 2.87. The third-order valence-corrected chi connectivity index (χ3v) is 2.87. The monoisotopic (exact) mass is 240 g/mol. The highest BCUT2D eigenvalue weighted by Gasteiger charge is 2.24. The van der Waals surface area contributed by atoms with Gasteiger partial charge in [-0.3, -0.25) is 4.79 Å². The van der Waals surface area contributed by atoms with Gasteiger partial charge in [-0.15, -0.1) is 0 Å². The number of carbonyl (C=O) groups is 1. The Bertz CT molecular complexity index is 416. The molecule has 1 aliphatic rings. The van der Waals surface area contributed by atoms with E-state index in [9.17, 15) is 13.6 Å².